The Balaban J connectivity index is 1.85. The minimum atomic E-state index is -0.482. The van der Waals surface area contributed by atoms with Crippen LogP contribution < -0.4 is 0 Å². The predicted molar refractivity (Wildman–Crippen MR) is 101 cm³/mol. The molecule has 3 aromatic carbocycles. The molecule has 0 fully saturated rings. The number of rotatable bonds is 4. The van der Waals surface area contributed by atoms with Crippen LogP contribution in [0, 0.1) is 0 Å². The Kier molecular flexibility index (Phi) is 4.23. The second kappa shape index (κ2) is 6.84. The van der Waals surface area contributed by atoms with E-state index in [1.54, 1.807) is 6.92 Å². The summed E-state index contributed by atoms with van der Waals surface area (Å²) in [6.45, 7) is 2.05. The van der Waals surface area contributed by atoms with E-state index in [0.717, 1.165) is 22.1 Å². The van der Waals surface area contributed by atoms with Crippen LogP contribution in [-0.2, 0) is 4.74 Å². The number of esters is 1. The third-order valence-corrected chi connectivity index (χ3v) is 4.27. The smallest absolute Gasteiger partial charge is 0.360 e. The van der Waals surface area contributed by atoms with E-state index in [2.05, 4.69) is 35.3 Å². The molecular weight excluding hydrogens is 326 g/mol. The van der Waals surface area contributed by atoms with Gasteiger partial charge in [0.1, 0.15) is 0 Å². The van der Waals surface area contributed by atoms with Gasteiger partial charge in [0.05, 0.1) is 6.61 Å². The van der Waals surface area contributed by atoms with Gasteiger partial charge in [-0.15, -0.1) is 0 Å². The van der Waals surface area contributed by atoms with Crippen LogP contribution in [0.4, 0.5) is 0 Å². The van der Waals surface area contributed by atoms with E-state index in [0.29, 0.717) is 5.76 Å². The van der Waals surface area contributed by atoms with Crippen LogP contribution in [0.2, 0.25) is 0 Å². The molecule has 0 spiro atoms. The van der Waals surface area contributed by atoms with E-state index in [9.17, 15) is 4.79 Å². The van der Waals surface area contributed by atoms with E-state index < -0.39 is 5.97 Å². The molecule has 1 heterocycles. The lowest BCUT2D eigenvalue weighted by molar-refractivity contribution is 0.0520. The molecule has 4 heteroatoms. The van der Waals surface area contributed by atoms with Crippen LogP contribution >= 0.6 is 0 Å². The number of carbonyl (C=O) groups excluding carboxylic acids is 1. The van der Waals surface area contributed by atoms with E-state index in [1.807, 2.05) is 36.4 Å². The number of nitrogens with zero attached hydrogens (tertiary/aromatic N) is 1. The highest BCUT2D eigenvalue weighted by atomic mass is 16.5. The Labute approximate surface area is 151 Å². The molecule has 4 rings (SSSR count). The maximum Gasteiger partial charge on any atom is 0.360 e. The zero-order valence-electron chi connectivity index (χ0n) is 14.3. The number of oxazole rings is 1. The maximum absolute atomic E-state index is 12.2. The first kappa shape index (κ1) is 16.1. The maximum atomic E-state index is 12.2. The Morgan fingerprint density at radius 3 is 2.50 bits per heavy atom. The van der Waals surface area contributed by atoms with Gasteiger partial charge in [-0.05, 0) is 34.9 Å². The molecule has 0 N–H and O–H groups in total. The van der Waals surface area contributed by atoms with Crippen molar-refractivity contribution in [3.8, 4) is 22.5 Å². The number of benzene rings is 3. The number of hydrogen-bond donors (Lipinski definition) is 0. The molecule has 1 aromatic heterocycles. The summed E-state index contributed by atoms with van der Waals surface area (Å²) in [5, 5.41) is 2.34. The Bertz CT molecular complexity index is 1080. The van der Waals surface area contributed by atoms with Crippen molar-refractivity contribution in [3.63, 3.8) is 0 Å². The van der Waals surface area contributed by atoms with Crippen LogP contribution in [0.25, 0.3) is 33.2 Å². The zero-order chi connectivity index (χ0) is 17.9. The first-order valence-corrected chi connectivity index (χ1v) is 8.47. The highest BCUT2D eigenvalue weighted by Crippen LogP contribution is 2.35. The largest absolute Gasteiger partial charge is 0.461 e. The molecule has 0 saturated carbocycles. The predicted octanol–water partition coefficient (Wildman–Crippen LogP) is 5.34. The molecule has 0 bridgehead atoms. The lowest BCUT2D eigenvalue weighted by atomic mass is 9.95. The number of aromatic nitrogens is 1. The number of fused-ring (bicyclic) bond motifs is 1. The zero-order valence-corrected chi connectivity index (χ0v) is 14.3. The number of hydrogen-bond acceptors (Lipinski definition) is 4. The minimum Gasteiger partial charge on any atom is -0.461 e. The van der Waals surface area contributed by atoms with Gasteiger partial charge < -0.3 is 9.15 Å². The third kappa shape index (κ3) is 2.86. The fourth-order valence-corrected chi connectivity index (χ4v) is 3.07. The molecule has 0 radical (unpaired) electrons. The van der Waals surface area contributed by atoms with E-state index in [4.69, 9.17) is 9.15 Å². The van der Waals surface area contributed by atoms with Gasteiger partial charge in [-0.3, -0.25) is 0 Å². The van der Waals surface area contributed by atoms with Gasteiger partial charge in [0.25, 0.3) is 0 Å². The second-order valence-electron chi connectivity index (χ2n) is 5.86. The van der Waals surface area contributed by atoms with E-state index >= 15 is 0 Å². The molecule has 4 nitrogen and oxygen atoms in total. The Morgan fingerprint density at radius 2 is 1.69 bits per heavy atom. The monoisotopic (exact) mass is 343 g/mol. The summed E-state index contributed by atoms with van der Waals surface area (Å²) in [7, 11) is 0. The molecule has 0 atom stereocenters. The molecule has 128 valence electrons. The van der Waals surface area contributed by atoms with Crippen LogP contribution in [0.5, 0.6) is 0 Å². The summed E-state index contributed by atoms with van der Waals surface area (Å²) in [5.41, 5.74) is 3.02. The molecular formula is C22H17NO3. The molecule has 4 aromatic rings. The van der Waals surface area contributed by atoms with Gasteiger partial charge in [-0.25, -0.2) is 9.78 Å². The summed E-state index contributed by atoms with van der Waals surface area (Å²) in [5.74, 6) is -0.0585. The van der Waals surface area contributed by atoms with Crippen molar-refractivity contribution < 1.29 is 13.9 Å². The highest BCUT2D eigenvalue weighted by molar-refractivity contribution is 5.97. The summed E-state index contributed by atoms with van der Waals surface area (Å²) in [4.78, 5) is 16.2. The van der Waals surface area contributed by atoms with Crippen molar-refractivity contribution in [3.05, 3.63) is 78.8 Å². The topological polar surface area (TPSA) is 52.3 Å². The van der Waals surface area contributed by atoms with Crippen molar-refractivity contribution >= 4 is 16.7 Å². The van der Waals surface area contributed by atoms with Gasteiger partial charge >= 0.3 is 5.97 Å². The Morgan fingerprint density at radius 1 is 0.962 bits per heavy atom. The van der Waals surface area contributed by atoms with Crippen molar-refractivity contribution in [1.29, 1.82) is 0 Å². The molecule has 0 unspecified atom stereocenters. The van der Waals surface area contributed by atoms with Crippen molar-refractivity contribution in [2.24, 2.45) is 0 Å². The van der Waals surface area contributed by atoms with Crippen LogP contribution in [0.1, 0.15) is 17.4 Å². The summed E-state index contributed by atoms with van der Waals surface area (Å²) in [6.07, 6.45) is 1.28. The lowest BCUT2D eigenvalue weighted by Gasteiger charge is -2.10. The average Bonchev–Trinajstić information content (AvgIpc) is 3.17. The second-order valence-corrected chi connectivity index (χ2v) is 5.86. The average molecular weight is 343 g/mol. The fourth-order valence-electron chi connectivity index (χ4n) is 3.07. The fraction of sp³-hybridized carbons (Fsp3) is 0.0909. The SMILES string of the molecule is CCOC(=O)c1ncoc1-c1ccccc1-c1ccc2ccccc2c1. The molecule has 0 saturated heterocycles. The molecule has 0 aliphatic carbocycles. The quantitative estimate of drug-likeness (QED) is 0.469. The van der Waals surface area contributed by atoms with Crippen molar-refractivity contribution in [2.45, 2.75) is 6.92 Å². The van der Waals surface area contributed by atoms with Crippen LogP contribution in [0.15, 0.2) is 77.5 Å². The molecule has 0 amide bonds. The summed E-state index contributed by atoms with van der Waals surface area (Å²) >= 11 is 0. The third-order valence-electron chi connectivity index (χ3n) is 4.27. The van der Waals surface area contributed by atoms with Crippen molar-refractivity contribution in [2.75, 3.05) is 6.61 Å². The van der Waals surface area contributed by atoms with E-state index in [1.165, 1.54) is 11.8 Å². The van der Waals surface area contributed by atoms with Gasteiger partial charge in [-0.2, -0.15) is 0 Å². The van der Waals surface area contributed by atoms with Gasteiger partial charge in [-0.1, -0.05) is 60.7 Å². The number of carbonyl (C=O) groups is 1. The van der Waals surface area contributed by atoms with Crippen LogP contribution in [-0.4, -0.2) is 17.6 Å². The normalized spacial score (nSPS) is 10.8. The summed E-state index contributed by atoms with van der Waals surface area (Å²) in [6, 6.07) is 22.3. The standard InChI is InChI=1S/C22H17NO3/c1-2-25-22(24)20-21(26-14-23-20)19-10-6-5-9-18(19)17-12-11-15-7-3-4-8-16(15)13-17/h3-14H,2H2,1H3. The first-order chi connectivity index (χ1) is 12.8. The van der Waals surface area contributed by atoms with Crippen molar-refractivity contribution in [1.82, 2.24) is 4.98 Å². The first-order valence-electron chi connectivity index (χ1n) is 8.47. The molecule has 0 aliphatic heterocycles. The molecule has 26 heavy (non-hydrogen) atoms. The number of ether oxygens (including phenoxy) is 1. The lowest BCUT2D eigenvalue weighted by Crippen LogP contribution is -2.06. The van der Waals surface area contributed by atoms with Gasteiger partial charge in [0.15, 0.2) is 17.8 Å². The Hall–Kier alpha value is -3.40. The van der Waals surface area contributed by atoms with Gasteiger partial charge in [0.2, 0.25) is 0 Å². The van der Waals surface area contributed by atoms with Crippen LogP contribution in [0.3, 0.4) is 0 Å². The van der Waals surface area contributed by atoms with Gasteiger partial charge in [0, 0.05) is 5.56 Å². The summed E-state index contributed by atoms with van der Waals surface area (Å²) < 4.78 is 10.6. The minimum absolute atomic E-state index is 0.195. The highest BCUT2D eigenvalue weighted by Gasteiger charge is 2.21. The molecule has 0 aliphatic rings. The van der Waals surface area contributed by atoms with E-state index in [-0.39, 0.29) is 12.3 Å².